The third kappa shape index (κ3) is 1.92. The highest BCUT2D eigenvalue weighted by molar-refractivity contribution is 5.97. The number of benzene rings is 2. The number of aliphatic imine (C=N–C) groups is 1. The van der Waals surface area contributed by atoms with Gasteiger partial charge in [0.1, 0.15) is 6.54 Å². The standard InChI is InChI=1S/C18H14N2O2/c21-18(22)11-20-10-15(14-4-1-2-7-17(14)20)12-5-3-6-16-13(12)8-9-19-16/h1-9H,10-11H2,(H,21,22). The Morgan fingerprint density at radius 1 is 1.18 bits per heavy atom. The van der Waals surface area contributed by atoms with E-state index in [1.54, 1.807) is 0 Å². The Morgan fingerprint density at radius 3 is 2.91 bits per heavy atom. The average molecular weight is 290 g/mol. The molecular weight excluding hydrogens is 276 g/mol. The molecule has 0 bridgehead atoms. The number of aliphatic carboxylic acids is 1. The lowest BCUT2D eigenvalue weighted by atomic mass is 10.0. The summed E-state index contributed by atoms with van der Waals surface area (Å²) in [6, 6.07) is 14.1. The molecule has 0 aliphatic carbocycles. The van der Waals surface area contributed by atoms with Crippen LogP contribution in [-0.4, -0.2) is 30.4 Å². The first-order chi connectivity index (χ1) is 10.7. The molecule has 0 aromatic heterocycles. The highest BCUT2D eigenvalue weighted by Gasteiger charge is 2.25. The zero-order chi connectivity index (χ0) is 15.1. The van der Waals surface area contributed by atoms with E-state index in [9.17, 15) is 4.79 Å². The molecule has 0 unspecified atom stereocenters. The minimum Gasteiger partial charge on any atom is -0.480 e. The van der Waals surface area contributed by atoms with Gasteiger partial charge >= 0.3 is 5.97 Å². The average Bonchev–Trinajstić information content (AvgIpc) is 3.12. The fourth-order valence-electron chi connectivity index (χ4n) is 3.20. The van der Waals surface area contributed by atoms with Crippen LogP contribution in [0.25, 0.3) is 11.6 Å². The van der Waals surface area contributed by atoms with Gasteiger partial charge in [-0.05, 0) is 29.0 Å². The minimum absolute atomic E-state index is 0.00967. The van der Waals surface area contributed by atoms with Crippen molar-refractivity contribution in [3.8, 4) is 0 Å². The minimum atomic E-state index is -0.816. The summed E-state index contributed by atoms with van der Waals surface area (Å²) < 4.78 is 0. The van der Waals surface area contributed by atoms with Gasteiger partial charge in [-0.3, -0.25) is 9.79 Å². The molecule has 0 spiro atoms. The molecule has 0 radical (unpaired) electrons. The number of nitrogens with zero attached hydrogens (tertiary/aromatic N) is 2. The van der Waals surface area contributed by atoms with Crippen molar-refractivity contribution in [3.05, 3.63) is 58.5 Å². The predicted octanol–water partition coefficient (Wildman–Crippen LogP) is 1.29. The summed E-state index contributed by atoms with van der Waals surface area (Å²) in [5.41, 5.74) is 4.23. The molecule has 2 aliphatic rings. The molecule has 0 amide bonds. The summed E-state index contributed by atoms with van der Waals surface area (Å²) in [4.78, 5) is 17.4. The van der Waals surface area contributed by atoms with Gasteiger partial charge in [0, 0.05) is 29.2 Å². The molecule has 1 N–H and O–H groups in total. The molecule has 2 aliphatic heterocycles. The van der Waals surface area contributed by atoms with E-state index >= 15 is 0 Å². The number of rotatable bonds is 2. The van der Waals surface area contributed by atoms with Crippen LogP contribution in [0.15, 0.2) is 47.5 Å². The molecule has 2 aromatic rings. The smallest absolute Gasteiger partial charge is 0.323 e. The largest absolute Gasteiger partial charge is 0.480 e. The van der Waals surface area contributed by atoms with Crippen LogP contribution in [0.5, 0.6) is 0 Å². The van der Waals surface area contributed by atoms with Crippen molar-refractivity contribution in [2.45, 2.75) is 0 Å². The highest BCUT2D eigenvalue weighted by Crippen LogP contribution is 2.33. The van der Waals surface area contributed by atoms with Crippen molar-refractivity contribution in [2.24, 2.45) is 4.99 Å². The number of hydrogen-bond acceptors (Lipinski definition) is 3. The summed E-state index contributed by atoms with van der Waals surface area (Å²) in [7, 11) is 0. The zero-order valence-corrected chi connectivity index (χ0v) is 11.9. The number of carboxylic acid groups (broad SMARTS) is 1. The molecule has 4 rings (SSSR count). The first-order valence-electron chi connectivity index (χ1n) is 7.17. The Morgan fingerprint density at radius 2 is 2.05 bits per heavy atom. The van der Waals surface area contributed by atoms with Gasteiger partial charge < -0.3 is 10.0 Å². The summed E-state index contributed by atoms with van der Waals surface area (Å²) in [5.74, 6) is -0.816. The van der Waals surface area contributed by atoms with Gasteiger partial charge in [-0.2, -0.15) is 0 Å². The molecule has 0 saturated heterocycles. The highest BCUT2D eigenvalue weighted by atomic mass is 16.4. The molecule has 22 heavy (non-hydrogen) atoms. The summed E-state index contributed by atoms with van der Waals surface area (Å²) in [6.45, 7) is 0.617. The van der Waals surface area contributed by atoms with Crippen LogP contribution in [0.3, 0.4) is 0 Å². The van der Waals surface area contributed by atoms with Crippen molar-refractivity contribution in [1.82, 2.24) is 0 Å². The third-order valence-electron chi connectivity index (χ3n) is 4.11. The lowest BCUT2D eigenvalue weighted by Gasteiger charge is -2.15. The molecule has 0 saturated carbocycles. The predicted molar refractivity (Wildman–Crippen MR) is 87.1 cm³/mol. The maximum absolute atomic E-state index is 11.1. The fraction of sp³-hybridized carbons (Fsp3) is 0.111. The first kappa shape index (κ1) is 12.8. The maximum atomic E-state index is 11.1. The lowest BCUT2D eigenvalue weighted by Crippen LogP contribution is -2.31. The number of carboxylic acids is 1. The topological polar surface area (TPSA) is 52.9 Å². The Balaban J connectivity index is 1.98. The normalized spacial score (nSPS) is 17.2. The molecule has 4 nitrogen and oxygen atoms in total. The first-order valence-corrected chi connectivity index (χ1v) is 7.17. The van der Waals surface area contributed by atoms with Crippen LogP contribution < -0.4 is 15.3 Å². The van der Waals surface area contributed by atoms with E-state index in [4.69, 9.17) is 5.11 Å². The van der Waals surface area contributed by atoms with E-state index in [0.29, 0.717) is 6.54 Å². The second-order valence-corrected chi connectivity index (χ2v) is 5.43. The van der Waals surface area contributed by atoms with Gasteiger partial charge in [0.25, 0.3) is 0 Å². The number of para-hydroxylation sites is 1. The van der Waals surface area contributed by atoms with Gasteiger partial charge in [0.15, 0.2) is 0 Å². The number of carbonyl (C=O) groups is 1. The van der Waals surface area contributed by atoms with Crippen LogP contribution in [-0.2, 0) is 4.79 Å². The SMILES string of the molecule is O=C(O)CN1CC(=c2cccc3c2=CC=N3)c2ccccc21. The van der Waals surface area contributed by atoms with E-state index < -0.39 is 5.97 Å². The Hall–Kier alpha value is -2.88. The second-order valence-electron chi connectivity index (χ2n) is 5.43. The van der Waals surface area contributed by atoms with Crippen LogP contribution in [0, 0.1) is 0 Å². The zero-order valence-electron chi connectivity index (χ0n) is 11.9. The van der Waals surface area contributed by atoms with Gasteiger partial charge in [0.2, 0.25) is 0 Å². The van der Waals surface area contributed by atoms with Gasteiger partial charge in [-0.15, -0.1) is 0 Å². The van der Waals surface area contributed by atoms with E-state index in [0.717, 1.165) is 32.9 Å². The van der Waals surface area contributed by atoms with Crippen LogP contribution in [0.4, 0.5) is 11.4 Å². The molecule has 4 heteroatoms. The fourth-order valence-corrected chi connectivity index (χ4v) is 3.20. The number of anilines is 1. The van der Waals surface area contributed by atoms with Gasteiger partial charge in [0.05, 0.1) is 5.69 Å². The van der Waals surface area contributed by atoms with Crippen molar-refractivity contribution in [1.29, 1.82) is 0 Å². The van der Waals surface area contributed by atoms with Gasteiger partial charge in [-0.1, -0.05) is 30.3 Å². The Bertz CT molecular complexity index is 928. The molecule has 0 fully saturated rings. The monoisotopic (exact) mass is 290 g/mol. The van der Waals surface area contributed by atoms with Crippen LogP contribution in [0.1, 0.15) is 5.56 Å². The third-order valence-corrected chi connectivity index (χ3v) is 4.11. The Labute approximate surface area is 127 Å². The second kappa shape index (κ2) is 4.84. The Kier molecular flexibility index (Phi) is 2.82. The molecule has 2 heterocycles. The number of fused-ring (bicyclic) bond motifs is 2. The van der Waals surface area contributed by atoms with E-state index in [1.165, 1.54) is 0 Å². The summed E-state index contributed by atoms with van der Waals surface area (Å²) in [5, 5.41) is 11.4. The molecule has 2 aromatic carbocycles. The van der Waals surface area contributed by atoms with Crippen molar-refractivity contribution in [3.63, 3.8) is 0 Å². The van der Waals surface area contributed by atoms with E-state index in [2.05, 4.69) is 17.1 Å². The quantitative estimate of drug-likeness (QED) is 0.906. The van der Waals surface area contributed by atoms with Crippen LogP contribution >= 0.6 is 0 Å². The van der Waals surface area contributed by atoms with Gasteiger partial charge in [-0.25, -0.2) is 0 Å². The summed E-state index contributed by atoms with van der Waals surface area (Å²) >= 11 is 0. The lowest BCUT2D eigenvalue weighted by molar-refractivity contribution is -0.135. The molecular formula is C18H14N2O2. The van der Waals surface area contributed by atoms with Crippen molar-refractivity contribution in [2.75, 3.05) is 18.0 Å². The molecule has 108 valence electrons. The summed E-state index contributed by atoms with van der Waals surface area (Å²) in [6.07, 6.45) is 3.82. The van der Waals surface area contributed by atoms with Crippen molar-refractivity contribution >= 4 is 35.2 Å². The van der Waals surface area contributed by atoms with E-state index in [1.807, 2.05) is 47.5 Å². The van der Waals surface area contributed by atoms with Crippen LogP contribution in [0.2, 0.25) is 0 Å². The maximum Gasteiger partial charge on any atom is 0.323 e. The van der Waals surface area contributed by atoms with E-state index in [-0.39, 0.29) is 6.54 Å². The number of hydrogen-bond donors (Lipinski definition) is 1. The molecule has 0 atom stereocenters. The van der Waals surface area contributed by atoms with Crippen molar-refractivity contribution < 1.29 is 9.90 Å².